The van der Waals surface area contributed by atoms with E-state index >= 15 is 0 Å². The number of carbonyl (C=O) groups is 1. The van der Waals surface area contributed by atoms with Crippen LogP contribution >= 0.6 is 0 Å². The van der Waals surface area contributed by atoms with Crippen LogP contribution < -0.4 is 5.48 Å². The Kier molecular flexibility index (Phi) is 5.02. The number of ether oxygens (including phenoxy) is 1. The summed E-state index contributed by atoms with van der Waals surface area (Å²) in [5, 5.41) is 0. The molecule has 1 amide bonds. The SMILES string of the molecule is CCC(C)(OC)C(=O)NOCC(F)(F)F. The second-order valence-electron chi connectivity index (χ2n) is 3.12. The van der Waals surface area contributed by atoms with Crippen molar-refractivity contribution in [2.24, 2.45) is 0 Å². The molecule has 0 aromatic carbocycles. The van der Waals surface area contributed by atoms with Gasteiger partial charge in [-0.2, -0.15) is 13.2 Å². The van der Waals surface area contributed by atoms with Gasteiger partial charge in [0.2, 0.25) is 0 Å². The van der Waals surface area contributed by atoms with Crippen LogP contribution in [0.5, 0.6) is 0 Å². The molecule has 0 aliphatic rings. The first-order valence-corrected chi connectivity index (χ1v) is 4.29. The maximum atomic E-state index is 11.7. The summed E-state index contributed by atoms with van der Waals surface area (Å²) in [7, 11) is 1.30. The molecule has 0 aliphatic carbocycles. The Balaban J connectivity index is 4.04. The van der Waals surface area contributed by atoms with Crippen LogP contribution in [0.1, 0.15) is 20.3 Å². The molecular weight excluding hydrogens is 215 g/mol. The molecule has 15 heavy (non-hydrogen) atoms. The van der Waals surface area contributed by atoms with Gasteiger partial charge in [0.25, 0.3) is 5.91 Å². The quantitative estimate of drug-likeness (QED) is 0.725. The number of hydrogen-bond acceptors (Lipinski definition) is 3. The van der Waals surface area contributed by atoms with Crippen LogP contribution in [0.2, 0.25) is 0 Å². The molecule has 0 bridgehead atoms. The molecule has 0 aromatic rings. The maximum absolute atomic E-state index is 11.7. The number of carbonyl (C=O) groups excluding carboxylic acids is 1. The Morgan fingerprint density at radius 3 is 2.27 bits per heavy atom. The molecule has 0 aliphatic heterocycles. The smallest absolute Gasteiger partial charge is 0.369 e. The average Bonchev–Trinajstić information content (AvgIpc) is 2.14. The highest BCUT2D eigenvalue weighted by Gasteiger charge is 2.33. The number of halogens is 3. The molecule has 0 saturated carbocycles. The average molecular weight is 229 g/mol. The van der Waals surface area contributed by atoms with E-state index in [-0.39, 0.29) is 0 Å². The third-order valence-electron chi connectivity index (χ3n) is 2.01. The van der Waals surface area contributed by atoms with Crippen molar-refractivity contribution in [3.05, 3.63) is 0 Å². The summed E-state index contributed by atoms with van der Waals surface area (Å²) in [6.45, 7) is 1.61. The van der Waals surface area contributed by atoms with E-state index in [9.17, 15) is 18.0 Å². The highest BCUT2D eigenvalue weighted by molar-refractivity contribution is 5.83. The Hall–Kier alpha value is -0.820. The molecule has 4 nitrogen and oxygen atoms in total. The van der Waals surface area contributed by atoms with Gasteiger partial charge in [0.15, 0.2) is 6.61 Å². The monoisotopic (exact) mass is 229 g/mol. The van der Waals surface area contributed by atoms with Gasteiger partial charge in [0, 0.05) is 7.11 Å². The predicted octanol–water partition coefficient (Wildman–Crippen LogP) is 1.41. The van der Waals surface area contributed by atoms with E-state index < -0.39 is 24.3 Å². The second-order valence-corrected chi connectivity index (χ2v) is 3.12. The zero-order chi connectivity index (χ0) is 12.1. The Morgan fingerprint density at radius 1 is 1.40 bits per heavy atom. The van der Waals surface area contributed by atoms with E-state index in [2.05, 4.69) is 4.84 Å². The van der Waals surface area contributed by atoms with Gasteiger partial charge in [-0.25, -0.2) is 5.48 Å². The summed E-state index contributed by atoms with van der Waals surface area (Å²) in [4.78, 5) is 15.3. The minimum atomic E-state index is -4.47. The van der Waals surface area contributed by atoms with Gasteiger partial charge in [0.1, 0.15) is 5.60 Å². The fourth-order valence-electron chi connectivity index (χ4n) is 0.689. The normalized spacial score (nSPS) is 15.9. The van der Waals surface area contributed by atoms with E-state index in [0.717, 1.165) is 0 Å². The summed E-state index contributed by atoms with van der Waals surface area (Å²) >= 11 is 0. The highest BCUT2D eigenvalue weighted by atomic mass is 19.4. The highest BCUT2D eigenvalue weighted by Crippen LogP contribution is 2.16. The zero-order valence-corrected chi connectivity index (χ0v) is 8.77. The molecule has 1 unspecified atom stereocenters. The van der Waals surface area contributed by atoms with Gasteiger partial charge in [-0.1, -0.05) is 6.92 Å². The van der Waals surface area contributed by atoms with E-state index in [1.165, 1.54) is 14.0 Å². The van der Waals surface area contributed by atoms with Crippen LogP contribution in [-0.2, 0) is 14.4 Å². The van der Waals surface area contributed by atoms with Crippen molar-refractivity contribution in [3.8, 4) is 0 Å². The van der Waals surface area contributed by atoms with Gasteiger partial charge in [-0.3, -0.25) is 9.63 Å². The molecule has 0 spiro atoms. The fraction of sp³-hybridized carbons (Fsp3) is 0.875. The lowest BCUT2D eigenvalue weighted by atomic mass is 10.0. The number of rotatable bonds is 5. The first-order chi connectivity index (χ1) is 6.75. The largest absolute Gasteiger partial charge is 0.414 e. The molecule has 7 heteroatoms. The lowest BCUT2D eigenvalue weighted by Gasteiger charge is -2.24. The molecular formula is C8H14F3NO3. The van der Waals surface area contributed by atoms with Crippen molar-refractivity contribution in [3.63, 3.8) is 0 Å². The number of amides is 1. The van der Waals surface area contributed by atoms with Gasteiger partial charge in [0.05, 0.1) is 0 Å². The zero-order valence-electron chi connectivity index (χ0n) is 8.77. The second kappa shape index (κ2) is 5.32. The van der Waals surface area contributed by atoms with Crippen LogP contribution in [-0.4, -0.2) is 31.4 Å². The summed E-state index contributed by atoms with van der Waals surface area (Å²) in [5.41, 5.74) is 0.523. The number of alkyl halides is 3. The van der Waals surface area contributed by atoms with Crippen LogP contribution in [0.4, 0.5) is 13.2 Å². The van der Waals surface area contributed by atoms with Gasteiger partial charge in [-0.15, -0.1) is 0 Å². The Morgan fingerprint density at radius 2 is 1.93 bits per heavy atom. The molecule has 0 saturated heterocycles. The summed E-state index contributed by atoms with van der Waals surface area (Å²) in [6, 6.07) is 0. The standard InChI is InChI=1S/C8H14F3NO3/c1-4-7(2,14-3)6(13)12-15-5-8(9,10)11/h4-5H2,1-3H3,(H,12,13). The molecule has 0 heterocycles. The topological polar surface area (TPSA) is 47.6 Å². The van der Waals surface area contributed by atoms with Crippen LogP contribution in [0.25, 0.3) is 0 Å². The first kappa shape index (κ1) is 14.2. The molecule has 0 fully saturated rings. The third kappa shape index (κ3) is 4.98. The third-order valence-corrected chi connectivity index (χ3v) is 2.01. The van der Waals surface area contributed by atoms with Crippen molar-refractivity contribution in [1.82, 2.24) is 5.48 Å². The maximum Gasteiger partial charge on any atom is 0.414 e. The number of hydroxylamine groups is 1. The fourth-order valence-corrected chi connectivity index (χ4v) is 0.689. The van der Waals surface area contributed by atoms with Gasteiger partial charge >= 0.3 is 6.18 Å². The van der Waals surface area contributed by atoms with E-state index in [0.29, 0.717) is 6.42 Å². The summed E-state index contributed by atoms with van der Waals surface area (Å²) in [6.07, 6.45) is -4.15. The molecule has 0 radical (unpaired) electrons. The van der Waals surface area contributed by atoms with Crippen LogP contribution in [0.15, 0.2) is 0 Å². The first-order valence-electron chi connectivity index (χ1n) is 4.29. The van der Waals surface area contributed by atoms with E-state index in [1.54, 1.807) is 12.4 Å². The molecule has 1 N–H and O–H groups in total. The van der Waals surface area contributed by atoms with Crippen molar-refractivity contribution in [2.45, 2.75) is 32.0 Å². The minimum absolute atomic E-state index is 0.324. The summed E-state index contributed by atoms with van der Waals surface area (Å²) < 4.78 is 39.8. The molecule has 1 atom stereocenters. The Labute approximate surface area is 85.7 Å². The van der Waals surface area contributed by atoms with Crippen molar-refractivity contribution < 1.29 is 27.5 Å². The minimum Gasteiger partial charge on any atom is -0.369 e. The lowest BCUT2D eigenvalue weighted by Crippen LogP contribution is -2.46. The summed E-state index contributed by atoms with van der Waals surface area (Å²) in [5.74, 6) is -0.739. The van der Waals surface area contributed by atoms with Crippen LogP contribution in [0.3, 0.4) is 0 Å². The lowest BCUT2D eigenvalue weighted by molar-refractivity contribution is -0.197. The van der Waals surface area contributed by atoms with E-state index in [4.69, 9.17) is 4.74 Å². The van der Waals surface area contributed by atoms with Gasteiger partial charge < -0.3 is 4.74 Å². The molecule has 0 rings (SSSR count). The molecule has 0 aromatic heterocycles. The number of hydrogen-bond donors (Lipinski definition) is 1. The van der Waals surface area contributed by atoms with Crippen molar-refractivity contribution in [1.29, 1.82) is 0 Å². The van der Waals surface area contributed by atoms with Crippen molar-refractivity contribution in [2.75, 3.05) is 13.7 Å². The molecule has 90 valence electrons. The van der Waals surface area contributed by atoms with Gasteiger partial charge in [-0.05, 0) is 13.3 Å². The van der Waals surface area contributed by atoms with Crippen molar-refractivity contribution >= 4 is 5.91 Å². The number of methoxy groups -OCH3 is 1. The number of nitrogens with one attached hydrogen (secondary N) is 1. The Bertz CT molecular complexity index is 214. The predicted molar refractivity (Wildman–Crippen MR) is 45.9 cm³/mol. The van der Waals surface area contributed by atoms with E-state index in [1.807, 2.05) is 0 Å². The van der Waals surface area contributed by atoms with Crippen LogP contribution in [0, 0.1) is 0 Å².